The van der Waals surface area contributed by atoms with E-state index >= 15 is 0 Å². The summed E-state index contributed by atoms with van der Waals surface area (Å²) in [7, 11) is 0. The predicted molar refractivity (Wildman–Crippen MR) is 123 cm³/mol. The maximum absolute atomic E-state index is 13.0. The molecule has 2 aromatic rings. The molecule has 1 aromatic heterocycles. The molecule has 8 nitrogen and oxygen atoms in total. The van der Waals surface area contributed by atoms with Gasteiger partial charge in [-0.15, -0.1) is 0 Å². The largest absolute Gasteiger partial charge is 0.348 e. The number of hydrogen-bond donors (Lipinski definition) is 2. The molecule has 0 unspecified atom stereocenters. The molecule has 0 bridgehead atoms. The first-order valence-corrected chi connectivity index (χ1v) is 11.5. The highest BCUT2D eigenvalue weighted by Crippen LogP contribution is 2.47. The van der Waals surface area contributed by atoms with Gasteiger partial charge in [-0.1, -0.05) is 23.7 Å². The lowest BCUT2D eigenvalue weighted by atomic mass is 10.1. The van der Waals surface area contributed by atoms with E-state index in [1.807, 2.05) is 0 Å². The zero-order valence-electron chi connectivity index (χ0n) is 17.5. The van der Waals surface area contributed by atoms with Crippen LogP contribution in [0.5, 0.6) is 0 Å². The van der Waals surface area contributed by atoms with Gasteiger partial charge in [0.2, 0.25) is 5.91 Å². The molecule has 2 heterocycles. The van der Waals surface area contributed by atoms with Crippen molar-refractivity contribution in [1.29, 1.82) is 0 Å². The molecule has 10 heteroatoms. The first kappa shape index (κ1) is 22.4. The molecule has 2 N–H and O–H groups in total. The van der Waals surface area contributed by atoms with E-state index in [2.05, 4.69) is 10.0 Å². The average molecular weight is 475 g/mol. The molecule has 32 heavy (non-hydrogen) atoms. The van der Waals surface area contributed by atoms with Crippen LogP contribution in [-0.4, -0.2) is 45.0 Å². The summed E-state index contributed by atoms with van der Waals surface area (Å²) in [5.41, 5.74) is 0.662. The Kier molecular flexibility index (Phi) is 6.30. The lowest BCUT2D eigenvalue weighted by Crippen LogP contribution is -2.48. The van der Waals surface area contributed by atoms with Gasteiger partial charge < -0.3 is 14.8 Å². The van der Waals surface area contributed by atoms with Crippen LogP contribution in [0.3, 0.4) is 0 Å². The molecule has 0 saturated heterocycles. The molecule has 0 atom stereocenters. The van der Waals surface area contributed by atoms with Crippen LogP contribution < -0.4 is 15.6 Å². The second kappa shape index (κ2) is 8.99. The van der Waals surface area contributed by atoms with Crippen LogP contribution in [0.2, 0.25) is 5.02 Å². The standard InChI is InChI=1S/C22H23ClN4O4S/c1-14(28)25-32-22(8-9-22)13-26-10-11-27-18(21(26)31)7-6-17(20(27)30)19(29)24-12-15-2-4-16(23)5-3-15/h2-7H,8-13H2,1H3,(H,24,29)(H,25,28). The minimum absolute atomic E-state index is 0.00356. The van der Waals surface area contributed by atoms with Crippen LogP contribution in [0.15, 0.2) is 41.2 Å². The Morgan fingerprint density at radius 2 is 1.81 bits per heavy atom. The number of amides is 3. The molecule has 3 amide bonds. The van der Waals surface area contributed by atoms with Crippen LogP contribution in [0.1, 0.15) is 46.2 Å². The molecule has 2 aliphatic rings. The molecule has 168 valence electrons. The zero-order valence-corrected chi connectivity index (χ0v) is 19.1. The Morgan fingerprint density at radius 1 is 1.09 bits per heavy atom. The van der Waals surface area contributed by atoms with Gasteiger partial charge in [0.15, 0.2) is 0 Å². The number of pyridine rings is 1. The number of carbonyl (C=O) groups excluding carboxylic acids is 3. The number of halogens is 1. The van der Waals surface area contributed by atoms with E-state index in [1.54, 1.807) is 29.2 Å². The van der Waals surface area contributed by atoms with Gasteiger partial charge in [0.25, 0.3) is 17.4 Å². The number of nitrogens with one attached hydrogen (secondary N) is 2. The number of hydrogen-bond acceptors (Lipinski definition) is 5. The Labute approximate surface area is 194 Å². The van der Waals surface area contributed by atoms with Crippen molar-refractivity contribution in [2.75, 3.05) is 13.1 Å². The van der Waals surface area contributed by atoms with E-state index in [1.165, 1.54) is 35.6 Å². The van der Waals surface area contributed by atoms with E-state index in [0.717, 1.165) is 18.4 Å². The van der Waals surface area contributed by atoms with Crippen molar-refractivity contribution in [3.05, 3.63) is 68.6 Å². The minimum Gasteiger partial charge on any atom is -0.348 e. The first-order valence-electron chi connectivity index (χ1n) is 10.3. The third kappa shape index (κ3) is 4.83. The monoisotopic (exact) mass is 474 g/mol. The maximum atomic E-state index is 13.0. The van der Waals surface area contributed by atoms with Crippen molar-refractivity contribution in [2.45, 2.75) is 37.6 Å². The number of nitrogens with zero attached hydrogens (tertiary/aromatic N) is 2. The first-order chi connectivity index (χ1) is 15.3. The Balaban J connectivity index is 1.44. The third-order valence-corrected chi connectivity index (χ3v) is 7.19. The Bertz CT molecular complexity index is 1130. The second-order valence-electron chi connectivity index (χ2n) is 8.07. The van der Waals surface area contributed by atoms with Gasteiger partial charge >= 0.3 is 0 Å². The number of rotatable bonds is 7. The minimum atomic E-state index is -0.487. The molecule has 1 aromatic carbocycles. The lowest BCUT2D eigenvalue weighted by molar-refractivity contribution is -0.117. The van der Waals surface area contributed by atoms with Crippen LogP contribution >= 0.6 is 23.5 Å². The quantitative estimate of drug-likeness (QED) is 0.599. The van der Waals surface area contributed by atoms with Crippen LogP contribution in [0.4, 0.5) is 0 Å². The molecular formula is C22H23ClN4O4S. The summed E-state index contributed by atoms with van der Waals surface area (Å²) in [5.74, 6) is -0.847. The summed E-state index contributed by atoms with van der Waals surface area (Å²) < 4.78 is 3.97. The van der Waals surface area contributed by atoms with Crippen molar-refractivity contribution in [3.8, 4) is 0 Å². The van der Waals surface area contributed by atoms with Gasteiger partial charge in [-0.25, -0.2) is 0 Å². The molecule has 0 radical (unpaired) electrons. The lowest BCUT2D eigenvalue weighted by Gasteiger charge is -2.32. The fourth-order valence-corrected chi connectivity index (χ4v) is 4.65. The van der Waals surface area contributed by atoms with E-state index in [9.17, 15) is 19.2 Å². The average Bonchev–Trinajstić information content (AvgIpc) is 3.54. The van der Waals surface area contributed by atoms with Crippen LogP contribution in [0.25, 0.3) is 0 Å². The number of carbonyl (C=O) groups is 3. The van der Waals surface area contributed by atoms with Gasteiger partial charge in [-0.3, -0.25) is 23.9 Å². The highest BCUT2D eigenvalue weighted by Gasteiger charge is 2.47. The molecule has 1 saturated carbocycles. The van der Waals surface area contributed by atoms with Crippen molar-refractivity contribution in [3.63, 3.8) is 0 Å². The molecule has 4 rings (SSSR count). The highest BCUT2D eigenvalue weighted by molar-refractivity contribution is 7.99. The van der Waals surface area contributed by atoms with Gasteiger partial charge in [0, 0.05) is 38.1 Å². The van der Waals surface area contributed by atoms with E-state index < -0.39 is 11.5 Å². The molecular weight excluding hydrogens is 452 g/mol. The summed E-state index contributed by atoms with van der Waals surface area (Å²) >= 11 is 7.23. The second-order valence-corrected chi connectivity index (χ2v) is 9.78. The zero-order chi connectivity index (χ0) is 22.9. The van der Waals surface area contributed by atoms with Crippen molar-refractivity contribution in [2.24, 2.45) is 0 Å². The van der Waals surface area contributed by atoms with Gasteiger partial charge in [0.05, 0.1) is 4.75 Å². The number of benzene rings is 1. The van der Waals surface area contributed by atoms with Crippen molar-refractivity contribution >= 4 is 41.3 Å². The molecule has 1 aliphatic carbocycles. The highest BCUT2D eigenvalue weighted by atomic mass is 35.5. The van der Waals surface area contributed by atoms with E-state index in [0.29, 0.717) is 24.7 Å². The topological polar surface area (TPSA) is 101 Å². The van der Waals surface area contributed by atoms with Crippen LogP contribution in [-0.2, 0) is 17.9 Å². The molecule has 1 fully saturated rings. The summed E-state index contributed by atoms with van der Waals surface area (Å²) in [6.45, 7) is 2.93. The molecule has 0 spiro atoms. The molecule has 1 aliphatic heterocycles. The van der Waals surface area contributed by atoms with Crippen LogP contribution in [0, 0.1) is 0 Å². The van der Waals surface area contributed by atoms with Crippen molar-refractivity contribution < 1.29 is 14.4 Å². The third-order valence-electron chi connectivity index (χ3n) is 5.58. The smallest absolute Gasteiger partial charge is 0.270 e. The van der Waals surface area contributed by atoms with Gasteiger partial charge in [-0.05, 0) is 54.6 Å². The van der Waals surface area contributed by atoms with E-state index in [4.69, 9.17) is 11.6 Å². The summed E-state index contributed by atoms with van der Waals surface area (Å²) in [6.07, 6.45) is 1.84. The normalized spacial score (nSPS) is 16.3. The van der Waals surface area contributed by atoms with E-state index in [-0.39, 0.29) is 34.4 Å². The Morgan fingerprint density at radius 3 is 2.47 bits per heavy atom. The van der Waals surface area contributed by atoms with Gasteiger partial charge in [-0.2, -0.15) is 0 Å². The summed E-state index contributed by atoms with van der Waals surface area (Å²) in [6, 6.07) is 10.0. The fraction of sp³-hybridized carbons (Fsp3) is 0.364. The summed E-state index contributed by atoms with van der Waals surface area (Å²) in [4.78, 5) is 51.4. The Hall–Kier alpha value is -2.78. The number of fused-ring (bicyclic) bond motifs is 1. The fourth-order valence-electron chi connectivity index (χ4n) is 3.63. The predicted octanol–water partition coefficient (Wildman–Crippen LogP) is 2.20. The van der Waals surface area contributed by atoms with Gasteiger partial charge in [0.1, 0.15) is 11.3 Å². The number of aromatic nitrogens is 1. The maximum Gasteiger partial charge on any atom is 0.270 e. The SMILES string of the molecule is CC(=O)NSC1(CN2CCn3c(ccc(C(=O)NCc4ccc(Cl)cc4)c3=O)C2=O)CC1. The van der Waals surface area contributed by atoms with Crippen molar-refractivity contribution in [1.82, 2.24) is 19.5 Å². The summed E-state index contributed by atoms with van der Waals surface area (Å²) in [5, 5.41) is 3.34.